The SMILES string of the molecule is C[C@@H]1CCCCN1C(=O)CN1CCN(CCC(=O)NC(N)=O)CC1. The molecule has 2 heterocycles. The lowest BCUT2D eigenvalue weighted by atomic mass is 10.0. The minimum atomic E-state index is -0.810. The van der Waals surface area contributed by atoms with Crippen LogP contribution in [0, 0.1) is 0 Å². The fourth-order valence-corrected chi connectivity index (χ4v) is 3.38. The van der Waals surface area contributed by atoms with Crippen LogP contribution in [0.25, 0.3) is 0 Å². The van der Waals surface area contributed by atoms with Gasteiger partial charge in [0.1, 0.15) is 0 Å². The minimum Gasteiger partial charge on any atom is -0.351 e. The number of nitrogens with two attached hydrogens (primary N) is 1. The van der Waals surface area contributed by atoms with Crippen molar-refractivity contribution in [1.29, 1.82) is 0 Å². The first-order valence-electron chi connectivity index (χ1n) is 8.79. The molecule has 0 spiro atoms. The first kappa shape index (κ1) is 18.7. The van der Waals surface area contributed by atoms with Gasteiger partial charge in [0.05, 0.1) is 6.54 Å². The Hall–Kier alpha value is -1.67. The largest absolute Gasteiger partial charge is 0.351 e. The average molecular weight is 339 g/mol. The normalized spacial score (nSPS) is 23.0. The van der Waals surface area contributed by atoms with Crippen LogP contribution in [0.3, 0.4) is 0 Å². The Bertz CT molecular complexity index is 463. The van der Waals surface area contributed by atoms with Gasteiger partial charge in [0.25, 0.3) is 0 Å². The van der Waals surface area contributed by atoms with Gasteiger partial charge < -0.3 is 15.5 Å². The first-order valence-corrected chi connectivity index (χ1v) is 8.79. The third kappa shape index (κ3) is 5.76. The number of likely N-dealkylation sites (tertiary alicyclic amines) is 1. The Morgan fingerprint density at radius 1 is 1.04 bits per heavy atom. The molecule has 1 atom stereocenters. The number of hydrogen-bond acceptors (Lipinski definition) is 5. The third-order valence-corrected chi connectivity index (χ3v) is 4.86. The van der Waals surface area contributed by atoms with E-state index in [1.54, 1.807) is 0 Å². The lowest BCUT2D eigenvalue weighted by Crippen LogP contribution is -2.52. The van der Waals surface area contributed by atoms with Gasteiger partial charge in [0.2, 0.25) is 11.8 Å². The number of carbonyl (C=O) groups is 3. The number of rotatable bonds is 5. The van der Waals surface area contributed by atoms with Gasteiger partial charge in [-0.25, -0.2) is 4.79 Å². The lowest BCUT2D eigenvalue weighted by molar-refractivity contribution is -0.136. The maximum absolute atomic E-state index is 12.4. The molecule has 2 rings (SSSR count). The molecule has 0 aromatic rings. The van der Waals surface area contributed by atoms with Crippen molar-refractivity contribution in [1.82, 2.24) is 20.0 Å². The molecule has 2 aliphatic heterocycles. The molecule has 0 saturated carbocycles. The second-order valence-electron chi connectivity index (χ2n) is 6.71. The number of nitrogens with one attached hydrogen (secondary N) is 1. The molecule has 2 aliphatic rings. The van der Waals surface area contributed by atoms with E-state index in [0.29, 0.717) is 19.1 Å². The molecule has 0 unspecified atom stereocenters. The summed E-state index contributed by atoms with van der Waals surface area (Å²) in [5.74, 6) is -0.115. The zero-order valence-electron chi connectivity index (χ0n) is 14.5. The molecule has 3 N–H and O–H groups in total. The number of amides is 4. The molecule has 8 nitrogen and oxygen atoms in total. The van der Waals surface area contributed by atoms with Gasteiger partial charge in [0, 0.05) is 51.7 Å². The van der Waals surface area contributed by atoms with Crippen molar-refractivity contribution in [2.24, 2.45) is 5.73 Å². The number of urea groups is 1. The van der Waals surface area contributed by atoms with Crippen LogP contribution in [-0.4, -0.2) is 84.4 Å². The molecular formula is C16H29N5O3. The molecule has 0 aliphatic carbocycles. The summed E-state index contributed by atoms with van der Waals surface area (Å²) in [6.07, 6.45) is 3.68. The second kappa shape index (κ2) is 8.98. The van der Waals surface area contributed by atoms with Crippen molar-refractivity contribution >= 4 is 17.8 Å². The fourth-order valence-electron chi connectivity index (χ4n) is 3.38. The Morgan fingerprint density at radius 3 is 2.33 bits per heavy atom. The fraction of sp³-hybridized carbons (Fsp3) is 0.812. The molecule has 2 fully saturated rings. The topological polar surface area (TPSA) is 99.0 Å². The Morgan fingerprint density at radius 2 is 1.71 bits per heavy atom. The Labute approximate surface area is 143 Å². The van der Waals surface area contributed by atoms with Crippen molar-refractivity contribution in [3.63, 3.8) is 0 Å². The van der Waals surface area contributed by atoms with Crippen LogP contribution in [0.1, 0.15) is 32.6 Å². The summed E-state index contributed by atoms with van der Waals surface area (Å²) >= 11 is 0. The molecule has 24 heavy (non-hydrogen) atoms. The Balaban J connectivity index is 1.66. The summed E-state index contributed by atoms with van der Waals surface area (Å²) in [5.41, 5.74) is 4.91. The summed E-state index contributed by atoms with van der Waals surface area (Å²) in [7, 11) is 0. The summed E-state index contributed by atoms with van der Waals surface area (Å²) in [5, 5.41) is 2.07. The van der Waals surface area contributed by atoms with E-state index >= 15 is 0 Å². The molecule has 8 heteroatoms. The maximum Gasteiger partial charge on any atom is 0.318 e. The third-order valence-electron chi connectivity index (χ3n) is 4.86. The smallest absolute Gasteiger partial charge is 0.318 e. The highest BCUT2D eigenvalue weighted by atomic mass is 16.2. The number of carbonyl (C=O) groups excluding carboxylic acids is 3. The number of piperidine rings is 1. The van der Waals surface area contributed by atoms with Crippen LogP contribution in [0.4, 0.5) is 4.79 Å². The minimum absolute atomic E-state index is 0.233. The van der Waals surface area contributed by atoms with Crippen LogP contribution in [0.15, 0.2) is 0 Å². The highest BCUT2D eigenvalue weighted by molar-refractivity contribution is 5.93. The predicted molar refractivity (Wildman–Crippen MR) is 90.2 cm³/mol. The van der Waals surface area contributed by atoms with E-state index in [9.17, 15) is 14.4 Å². The summed E-state index contributed by atoms with van der Waals surface area (Å²) in [6.45, 7) is 7.40. The van der Waals surface area contributed by atoms with Gasteiger partial charge in [0.15, 0.2) is 0 Å². The zero-order valence-corrected chi connectivity index (χ0v) is 14.5. The van der Waals surface area contributed by atoms with Crippen LogP contribution in [0.5, 0.6) is 0 Å². The highest BCUT2D eigenvalue weighted by Crippen LogP contribution is 2.17. The summed E-state index contributed by atoms with van der Waals surface area (Å²) < 4.78 is 0. The van der Waals surface area contributed by atoms with Crippen molar-refractivity contribution in [3.05, 3.63) is 0 Å². The van der Waals surface area contributed by atoms with Crippen LogP contribution < -0.4 is 11.1 Å². The van der Waals surface area contributed by atoms with E-state index < -0.39 is 6.03 Å². The van der Waals surface area contributed by atoms with Crippen molar-refractivity contribution in [2.75, 3.05) is 45.8 Å². The second-order valence-corrected chi connectivity index (χ2v) is 6.71. The molecule has 0 aromatic carbocycles. The highest BCUT2D eigenvalue weighted by Gasteiger charge is 2.26. The van der Waals surface area contributed by atoms with Crippen LogP contribution in [0.2, 0.25) is 0 Å². The van der Waals surface area contributed by atoms with E-state index in [2.05, 4.69) is 22.0 Å². The number of imide groups is 1. The molecule has 136 valence electrons. The Kier molecular flexibility index (Phi) is 6.99. The van der Waals surface area contributed by atoms with Crippen LogP contribution >= 0.6 is 0 Å². The van der Waals surface area contributed by atoms with Crippen molar-refractivity contribution in [3.8, 4) is 0 Å². The number of piperazine rings is 1. The van der Waals surface area contributed by atoms with Crippen molar-refractivity contribution < 1.29 is 14.4 Å². The summed E-state index contributed by atoms with van der Waals surface area (Å²) in [6, 6.07) is -0.452. The molecular weight excluding hydrogens is 310 g/mol. The molecule has 0 bridgehead atoms. The maximum atomic E-state index is 12.4. The quantitative estimate of drug-likeness (QED) is 0.709. The standard InChI is InChI=1S/C16H29N5O3/c1-13-4-2-3-6-21(13)15(23)12-20-10-8-19(9-11-20)7-5-14(22)18-16(17)24/h13H,2-12H2,1H3,(H3,17,18,22,24)/t13-/m1/s1. The molecule has 0 radical (unpaired) electrons. The lowest BCUT2D eigenvalue weighted by Gasteiger charge is -2.38. The van der Waals surface area contributed by atoms with Gasteiger partial charge in [-0.1, -0.05) is 0 Å². The average Bonchev–Trinajstić information content (AvgIpc) is 2.54. The zero-order chi connectivity index (χ0) is 17.5. The van der Waals surface area contributed by atoms with E-state index in [1.807, 2.05) is 4.90 Å². The van der Waals surface area contributed by atoms with E-state index in [0.717, 1.165) is 45.6 Å². The van der Waals surface area contributed by atoms with Crippen LogP contribution in [-0.2, 0) is 9.59 Å². The van der Waals surface area contributed by atoms with E-state index in [-0.39, 0.29) is 18.2 Å². The molecule has 4 amide bonds. The monoisotopic (exact) mass is 339 g/mol. The van der Waals surface area contributed by atoms with Gasteiger partial charge in [-0.15, -0.1) is 0 Å². The number of hydrogen-bond donors (Lipinski definition) is 2. The van der Waals surface area contributed by atoms with E-state index in [1.165, 1.54) is 6.42 Å². The number of primary amides is 1. The van der Waals surface area contributed by atoms with Gasteiger partial charge in [-0.2, -0.15) is 0 Å². The van der Waals surface area contributed by atoms with Gasteiger partial charge in [-0.3, -0.25) is 19.8 Å². The first-order chi connectivity index (χ1) is 11.5. The molecule has 2 saturated heterocycles. The van der Waals surface area contributed by atoms with E-state index in [4.69, 9.17) is 5.73 Å². The molecule has 0 aromatic heterocycles. The summed E-state index contributed by atoms with van der Waals surface area (Å²) in [4.78, 5) is 40.8. The predicted octanol–water partition coefficient (Wildman–Crippen LogP) is -0.410. The van der Waals surface area contributed by atoms with Gasteiger partial charge >= 0.3 is 6.03 Å². The van der Waals surface area contributed by atoms with Crippen molar-refractivity contribution in [2.45, 2.75) is 38.6 Å². The number of nitrogens with zero attached hydrogens (tertiary/aromatic N) is 3. The van der Waals surface area contributed by atoms with Gasteiger partial charge in [-0.05, 0) is 26.2 Å².